The van der Waals surface area contributed by atoms with Gasteiger partial charge in [-0.25, -0.2) is 0 Å². The molecule has 2 aromatic carbocycles. The van der Waals surface area contributed by atoms with Crippen molar-refractivity contribution in [2.45, 2.75) is 17.6 Å². The molecule has 0 fully saturated rings. The third-order valence-electron chi connectivity index (χ3n) is 3.43. The van der Waals surface area contributed by atoms with Crippen LogP contribution in [0.3, 0.4) is 0 Å². The summed E-state index contributed by atoms with van der Waals surface area (Å²) in [5.41, 5.74) is 9.73. The molecule has 21 heavy (non-hydrogen) atoms. The van der Waals surface area contributed by atoms with Crippen LogP contribution in [0.1, 0.15) is 11.3 Å². The summed E-state index contributed by atoms with van der Waals surface area (Å²) in [5.74, 6) is 0.707. The van der Waals surface area contributed by atoms with Crippen molar-refractivity contribution in [3.63, 3.8) is 0 Å². The van der Waals surface area contributed by atoms with Crippen LogP contribution in [0.15, 0.2) is 53.4 Å². The van der Waals surface area contributed by atoms with Gasteiger partial charge in [0.05, 0.1) is 16.2 Å². The van der Waals surface area contributed by atoms with Gasteiger partial charge in [0.1, 0.15) is 0 Å². The molecule has 0 aliphatic heterocycles. The number of nitrogen functional groups attached to an aromatic ring is 1. The van der Waals surface area contributed by atoms with Gasteiger partial charge in [-0.05, 0) is 30.7 Å². The Morgan fingerprint density at radius 3 is 2.62 bits per heavy atom. The minimum absolute atomic E-state index is 0.707. The zero-order chi connectivity index (χ0) is 14.8. The highest BCUT2D eigenvalue weighted by Gasteiger charge is 2.11. The molecule has 0 saturated carbocycles. The molecule has 0 aliphatic rings. The molecule has 0 saturated heterocycles. The van der Waals surface area contributed by atoms with E-state index in [0.29, 0.717) is 5.75 Å². The lowest BCUT2D eigenvalue weighted by Gasteiger charge is -2.10. The summed E-state index contributed by atoms with van der Waals surface area (Å²) < 4.78 is 0. The topological polar surface area (TPSA) is 38.9 Å². The first kappa shape index (κ1) is 14.2. The summed E-state index contributed by atoms with van der Waals surface area (Å²) in [4.78, 5) is 5.74. The summed E-state index contributed by atoms with van der Waals surface area (Å²) in [6.07, 6.45) is 0. The Labute approximate surface area is 133 Å². The highest BCUT2D eigenvalue weighted by atomic mass is 35.5. The standard InChI is InChI=1S/C17H15ClN2S/c1-11-12-6-2-4-8-14(12)20-15(17(11)18)10-21-16-9-5-3-7-13(16)19/h2-9H,10,19H2,1H3. The fourth-order valence-electron chi connectivity index (χ4n) is 2.27. The first-order chi connectivity index (χ1) is 10.2. The lowest BCUT2D eigenvalue weighted by atomic mass is 10.1. The number of para-hydroxylation sites is 2. The molecule has 0 atom stereocenters. The van der Waals surface area contributed by atoms with Crippen molar-refractivity contribution >= 4 is 40.0 Å². The second kappa shape index (κ2) is 5.96. The average molecular weight is 315 g/mol. The van der Waals surface area contributed by atoms with Crippen molar-refractivity contribution in [1.82, 2.24) is 4.98 Å². The quantitative estimate of drug-likeness (QED) is 0.542. The monoisotopic (exact) mass is 314 g/mol. The van der Waals surface area contributed by atoms with Gasteiger partial charge in [-0.15, -0.1) is 11.8 Å². The number of fused-ring (bicyclic) bond motifs is 1. The third kappa shape index (κ3) is 2.85. The van der Waals surface area contributed by atoms with E-state index in [1.807, 2.05) is 49.4 Å². The fourth-order valence-corrected chi connectivity index (χ4v) is 3.47. The van der Waals surface area contributed by atoms with Crippen LogP contribution in [0.4, 0.5) is 5.69 Å². The Kier molecular flexibility index (Phi) is 4.04. The lowest BCUT2D eigenvalue weighted by Crippen LogP contribution is -1.95. The van der Waals surface area contributed by atoms with Gasteiger partial charge in [-0.3, -0.25) is 4.98 Å². The van der Waals surface area contributed by atoms with Gasteiger partial charge in [0.15, 0.2) is 0 Å². The molecule has 2 nitrogen and oxygen atoms in total. The molecular weight excluding hydrogens is 300 g/mol. The molecule has 1 heterocycles. The predicted molar refractivity (Wildman–Crippen MR) is 91.9 cm³/mol. The van der Waals surface area contributed by atoms with E-state index in [2.05, 4.69) is 11.1 Å². The predicted octanol–water partition coefficient (Wildman–Crippen LogP) is 5.07. The van der Waals surface area contributed by atoms with Gasteiger partial charge >= 0.3 is 0 Å². The van der Waals surface area contributed by atoms with Crippen LogP contribution < -0.4 is 5.73 Å². The molecule has 2 N–H and O–H groups in total. The number of aryl methyl sites for hydroxylation is 1. The van der Waals surface area contributed by atoms with Gasteiger partial charge in [-0.1, -0.05) is 41.9 Å². The fraction of sp³-hybridized carbons (Fsp3) is 0.118. The molecule has 1 aromatic heterocycles. The highest BCUT2D eigenvalue weighted by molar-refractivity contribution is 7.98. The summed E-state index contributed by atoms with van der Waals surface area (Å²) >= 11 is 8.13. The molecule has 3 rings (SSSR count). The van der Waals surface area contributed by atoms with E-state index >= 15 is 0 Å². The number of pyridine rings is 1. The van der Waals surface area contributed by atoms with E-state index in [9.17, 15) is 0 Å². The first-order valence-electron chi connectivity index (χ1n) is 6.68. The zero-order valence-corrected chi connectivity index (χ0v) is 13.2. The van der Waals surface area contributed by atoms with Crippen molar-refractivity contribution in [3.05, 3.63) is 64.8 Å². The Bertz CT molecular complexity index is 802. The number of hydrogen-bond acceptors (Lipinski definition) is 3. The number of nitrogens with two attached hydrogens (primary N) is 1. The van der Waals surface area contributed by atoms with E-state index in [4.69, 9.17) is 17.3 Å². The highest BCUT2D eigenvalue weighted by Crippen LogP contribution is 2.33. The van der Waals surface area contributed by atoms with Crippen LogP contribution in [0.25, 0.3) is 10.9 Å². The van der Waals surface area contributed by atoms with E-state index in [-0.39, 0.29) is 0 Å². The van der Waals surface area contributed by atoms with Crippen LogP contribution in [0.5, 0.6) is 0 Å². The maximum atomic E-state index is 6.47. The van der Waals surface area contributed by atoms with E-state index in [1.165, 1.54) is 0 Å². The second-order valence-electron chi connectivity index (χ2n) is 4.84. The van der Waals surface area contributed by atoms with Gasteiger partial charge in [0.2, 0.25) is 0 Å². The lowest BCUT2D eigenvalue weighted by molar-refractivity contribution is 1.20. The molecule has 0 amide bonds. The third-order valence-corrected chi connectivity index (χ3v) is 5.03. The van der Waals surface area contributed by atoms with E-state index in [0.717, 1.165) is 37.8 Å². The Morgan fingerprint density at radius 1 is 1.10 bits per heavy atom. The molecule has 4 heteroatoms. The number of rotatable bonds is 3. The van der Waals surface area contributed by atoms with Crippen LogP contribution in [0.2, 0.25) is 5.02 Å². The van der Waals surface area contributed by atoms with E-state index < -0.39 is 0 Å². The van der Waals surface area contributed by atoms with Crippen molar-refractivity contribution in [2.24, 2.45) is 0 Å². The molecule has 0 aliphatic carbocycles. The first-order valence-corrected chi connectivity index (χ1v) is 8.04. The van der Waals surface area contributed by atoms with E-state index in [1.54, 1.807) is 11.8 Å². The number of benzene rings is 2. The van der Waals surface area contributed by atoms with Gasteiger partial charge in [0, 0.05) is 21.7 Å². The molecule has 0 spiro atoms. The smallest absolute Gasteiger partial charge is 0.0709 e. The molecule has 0 radical (unpaired) electrons. The number of thioether (sulfide) groups is 1. The summed E-state index contributed by atoms with van der Waals surface area (Å²) in [5, 5.41) is 1.85. The Balaban J connectivity index is 1.94. The number of nitrogens with zero attached hydrogens (tertiary/aromatic N) is 1. The molecular formula is C17H15ClN2S. The number of hydrogen-bond donors (Lipinski definition) is 1. The number of anilines is 1. The largest absolute Gasteiger partial charge is 0.398 e. The Morgan fingerprint density at radius 2 is 1.81 bits per heavy atom. The normalized spacial score (nSPS) is 11.0. The molecule has 106 valence electrons. The Hall–Kier alpha value is -1.71. The number of aromatic nitrogens is 1. The maximum Gasteiger partial charge on any atom is 0.0709 e. The van der Waals surface area contributed by atoms with Crippen LogP contribution in [0, 0.1) is 6.92 Å². The summed E-state index contributed by atoms with van der Waals surface area (Å²) in [7, 11) is 0. The van der Waals surface area contributed by atoms with Gasteiger partial charge in [-0.2, -0.15) is 0 Å². The zero-order valence-electron chi connectivity index (χ0n) is 11.6. The summed E-state index contributed by atoms with van der Waals surface area (Å²) in [6, 6.07) is 15.9. The molecule has 0 bridgehead atoms. The van der Waals surface area contributed by atoms with Crippen LogP contribution in [-0.2, 0) is 5.75 Å². The summed E-state index contributed by atoms with van der Waals surface area (Å²) in [6.45, 7) is 2.04. The average Bonchev–Trinajstić information content (AvgIpc) is 2.51. The van der Waals surface area contributed by atoms with Crippen molar-refractivity contribution in [3.8, 4) is 0 Å². The van der Waals surface area contributed by atoms with Crippen molar-refractivity contribution < 1.29 is 0 Å². The SMILES string of the molecule is Cc1c(Cl)c(CSc2ccccc2N)nc2ccccc12. The molecule has 0 unspecified atom stereocenters. The van der Waals surface area contributed by atoms with Crippen LogP contribution >= 0.6 is 23.4 Å². The minimum Gasteiger partial charge on any atom is -0.398 e. The van der Waals surface area contributed by atoms with Crippen molar-refractivity contribution in [1.29, 1.82) is 0 Å². The van der Waals surface area contributed by atoms with Gasteiger partial charge in [0.25, 0.3) is 0 Å². The van der Waals surface area contributed by atoms with Crippen LogP contribution in [-0.4, -0.2) is 4.98 Å². The number of halogens is 1. The van der Waals surface area contributed by atoms with Crippen molar-refractivity contribution in [2.75, 3.05) is 5.73 Å². The minimum atomic E-state index is 0.707. The molecule has 3 aromatic rings. The van der Waals surface area contributed by atoms with Gasteiger partial charge < -0.3 is 5.73 Å². The maximum absolute atomic E-state index is 6.47. The second-order valence-corrected chi connectivity index (χ2v) is 6.24.